The summed E-state index contributed by atoms with van der Waals surface area (Å²) >= 11 is 0. The Morgan fingerprint density at radius 1 is 1.09 bits per heavy atom. The van der Waals surface area contributed by atoms with E-state index in [1.165, 1.54) is 10.2 Å². The van der Waals surface area contributed by atoms with Gasteiger partial charge in [0.25, 0.3) is 5.91 Å². The highest BCUT2D eigenvalue weighted by atomic mass is 16.2. The Balaban J connectivity index is 1.31. The van der Waals surface area contributed by atoms with Crippen LogP contribution in [0.3, 0.4) is 0 Å². The van der Waals surface area contributed by atoms with Gasteiger partial charge in [0.15, 0.2) is 0 Å². The molecule has 1 N–H and O–H groups in total. The number of para-hydroxylation sites is 1. The molecule has 2 aromatic carbocycles. The Hall–Kier alpha value is -3.74. The van der Waals surface area contributed by atoms with Crippen LogP contribution in [0.2, 0.25) is 0 Å². The molecule has 1 amide bonds. The fourth-order valence-corrected chi connectivity index (χ4v) is 4.36. The Kier molecular flexibility index (Phi) is 5.77. The van der Waals surface area contributed by atoms with Crippen LogP contribution in [-0.2, 0) is 19.5 Å². The molecule has 0 bridgehead atoms. The van der Waals surface area contributed by atoms with Gasteiger partial charge in [-0.15, -0.1) is 0 Å². The van der Waals surface area contributed by atoms with Crippen LogP contribution in [0.1, 0.15) is 41.0 Å². The Morgan fingerprint density at radius 2 is 1.91 bits per heavy atom. The van der Waals surface area contributed by atoms with Gasteiger partial charge in [0.1, 0.15) is 5.82 Å². The maximum Gasteiger partial charge on any atom is 0.345 e. The van der Waals surface area contributed by atoms with Gasteiger partial charge >= 0.3 is 5.69 Å². The smallest absolute Gasteiger partial charge is 0.345 e. The number of rotatable bonds is 6. The molecule has 3 heterocycles. The van der Waals surface area contributed by atoms with Crippen molar-refractivity contribution in [1.82, 2.24) is 24.6 Å². The van der Waals surface area contributed by atoms with E-state index in [1.807, 2.05) is 61.5 Å². The number of hydrogen-bond donors (Lipinski definition) is 1. The maximum atomic E-state index is 13.1. The predicted molar refractivity (Wildman–Crippen MR) is 128 cm³/mol. The molecule has 0 saturated heterocycles. The zero-order chi connectivity index (χ0) is 22.8. The van der Waals surface area contributed by atoms with Crippen LogP contribution in [-0.4, -0.2) is 31.8 Å². The summed E-state index contributed by atoms with van der Waals surface area (Å²) in [7, 11) is 0. The van der Waals surface area contributed by atoms with E-state index in [-0.39, 0.29) is 11.6 Å². The SMILES string of the molecule is Cc1ccc(-c2cc(C(=O)NCCCn3nc4n(c3=O)CCCC4)c3ccccc3n2)cc1. The van der Waals surface area contributed by atoms with Gasteiger partial charge in [0.05, 0.1) is 16.8 Å². The van der Waals surface area contributed by atoms with Gasteiger partial charge < -0.3 is 5.32 Å². The number of aryl methyl sites for hydroxylation is 3. The van der Waals surface area contributed by atoms with E-state index < -0.39 is 0 Å². The van der Waals surface area contributed by atoms with E-state index >= 15 is 0 Å². The molecular weight excluding hydrogens is 414 g/mol. The summed E-state index contributed by atoms with van der Waals surface area (Å²) in [5.74, 6) is 0.737. The predicted octanol–water partition coefficient (Wildman–Crippen LogP) is 3.72. The van der Waals surface area contributed by atoms with Gasteiger partial charge in [-0.05, 0) is 38.3 Å². The molecule has 0 fully saturated rings. The highest BCUT2D eigenvalue weighted by molar-refractivity contribution is 6.07. The highest BCUT2D eigenvalue weighted by Crippen LogP contribution is 2.25. The van der Waals surface area contributed by atoms with Crippen LogP contribution in [0.15, 0.2) is 59.4 Å². The average Bonchev–Trinajstić information content (AvgIpc) is 3.17. The quantitative estimate of drug-likeness (QED) is 0.462. The molecule has 0 aliphatic carbocycles. The zero-order valence-corrected chi connectivity index (χ0v) is 18.8. The monoisotopic (exact) mass is 441 g/mol. The summed E-state index contributed by atoms with van der Waals surface area (Å²) in [5, 5.41) is 8.30. The number of nitrogens with zero attached hydrogens (tertiary/aromatic N) is 4. The fraction of sp³-hybridized carbons (Fsp3) is 0.308. The van der Waals surface area contributed by atoms with Gasteiger partial charge in [-0.3, -0.25) is 9.36 Å². The molecule has 1 aliphatic rings. The molecule has 7 nitrogen and oxygen atoms in total. The molecule has 0 radical (unpaired) electrons. The summed E-state index contributed by atoms with van der Waals surface area (Å²) in [5.41, 5.74) is 4.27. The third-order valence-electron chi connectivity index (χ3n) is 6.17. The number of benzene rings is 2. The standard InChI is InChI=1S/C26H27N5O2/c1-18-10-12-19(13-11-18)23-17-21(20-7-2-3-8-22(20)28-23)25(32)27-14-6-16-31-26(33)30-15-5-4-9-24(30)29-31/h2-3,7-8,10-13,17H,4-6,9,14-16H2,1H3,(H,27,32). The Labute approximate surface area is 192 Å². The van der Waals surface area contributed by atoms with E-state index in [2.05, 4.69) is 10.4 Å². The molecule has 5 rings (SSSR count). The summed E-state index contributed by atoms with van der Waals surface area (Å²) in [4.78, 5) is 30.3. The van der Waals surface area contributed by atoms with Crippen LogP contribution in [0.25, 0.3) is 22.2 Å². The minimum atomic E-state index is -0.140. The number of pyridine rings is 1. The van der Waals surface area contributed by atoms with Crippen LogP contribution in [0.4, 0.5) is 0 Å². The first-order valence-electron chi connectivity index (χ1n) is 11.5. The van der Waals surface area contributed by atoms with Crippen molar-refractivity contribution in [2.75, 3.05) is 6.54 Å². The van der Waals surface area contributed by atoms with Crippen molar-refractivity contribution < 1.29 is 4.79 Å². The molecule has 0 saturated carbocycles. The number of hydrogen-bond acceptors (Lipinski definition) is 4. The van der Waals surface area contributed by atoms with Gasteiger partial charge in [-0.1, -0.05) is 48.0 Å². The summed E-state index contributed by atoms with van der Waals surface area (Å²) < 4.78 is 3.31. The first kappa shape index (κ1) is 21.1. The highest BCUT2D eigenvalue weighted by Gasteiger charge is 2.17. The number of aromatic nitrogens is 4. The number of carbonyl (C=O) groups is 1. The van der Waals surface area contributed by atoms with E-state index in [4.69, 9.17) is 4.98 Å². The molecule has 4 aromatic rings. The number of nitrogens with one attached hydrogen (secondary N) is 1. The van der Waals surface area contributed by atoms with Crippen molar-refractivity contribution in [3.8, 4) is 11.3 Å². The third-order valence-corrected chi connectivity index (χ3v) is 6.17. The van der Waals surface area contributed by atoms with Gasteiger partial charge in [-0.2, -0.15) is 5.10 Å². The van der Waals surface area contributed by atoms with Crippen LogP contribution in [0.5, 0.6) is 0 Å². The summed E-state index contributed by atoms with van der Waals surface area (Å²) in [6, 6.07) is 17.7. The van der Waals surface area contributed by atoms with Crippen molar-refractivity contribution in [2.24, 2.45) is 0 Å². The Bertz CT molecular complexity index is 1370. The second-order valence-corrected chi connectivity index (χ2v) is 8.58. The van der Waals surface area contributed by atoms with E-state index in [0.29, 0.717) is 25.1 Å². The van der Waals surface area contributed by atoms with Crippen molar-refractivity contribution in [2.45, 2.75) is 45.7 Å². The van der Waals surface area contributed by atoms with Crippen molar-refractivity contribution >= 4 is 16.8 Å². The molecule has 0 spiro atoms. The first-order valence-corrected chi connectivity index (χ1v) is 11.5. The van der Waals surface area contributed by atoms with Crippen LogP contribution < -0.4 is 11.0 Å². The lowest BCUT2D eigenvalue weighted by Crippen LogP contribution is -2.29. The lowest BCUT2D eigenvalue weighted by atomic mass is 10.0. The molecule has 2 aromatic heterocycles. The molecule has 7 heteroatoms. The van der Waals surface area contributed by atoms with Gasteiger partial charge in [0.2, 0.25) is 0 Å². The minimum absolute atomic E-state index is 0.0427. The molecule has 33 heavy (non-hydrogen) atoms. The van der Waals surface area contributed by atoms with Crippen molar-refractivity contribution in [3.05, 3.63) is 82.0 Å². The summed E-state index contributed by atoms with van der Waals surface area (Å²) in [6.07, 6.45) is 3.60. The second-order valence-electron chi connectivity index (χ2n) is 8.58. The normalized spacial score (nSPS) is 13.1. The van der Waals surface area contributed by atoms with Crippen molar-refractivity contribution in [1.29, 1.82) is 0 Å². The second kappa shape index (κ2) is 9.02. The fourth-order valence-electron chi connectivity index (χ4n) is 4.36. The topological polar surface area (TPSA) is 81.8 Å². The largest absolute Gasteiger partial charge is 0.352 e. The minimum Gasteiger partial charge on any atom is -0.352 e. The average molecular weight is 442 g/mol. The molecular formula is C26H27N5O2. The first-order chi connectivity index (χ1) is 16.1. The Morgan fingerprint density at radius 3 is 2.73 bits per heavy atom. The molecule has 168 valence electrons. The molecule has 0 unspecified atom stereocenters. The van der Waals surface area contributed by atoms with Crippen molar-refractivity contribution in [3.63, 3.8) is 0 Å². The number of fused-ring (bicyclic) bond motifs is 2. The summed E-state index contributed by atoms with van der Waals surface area (Å²) in [6.45, 7) is 3.75. The lowest BCUT2D eigenvalue weighted by molar-refractivity contribution is 0.0954. The molecule has 1 aliphatic heterocycles. The number of amides is 1. The van der Waals surface area contributed by atoms with Gasteiger partial charge in [-0.25, -0.2) is 14.5 Å². The van der Waals surface area contributed by atoms with Gasteiger partial charge in [0, 0.05) is 37.0 Å². The lowest BCUT2D eigenvalue weighted by Gasteiger charge is -2.11. The third kappa shape index (κ3) is 4.31. The maximum absolute atomic E-state index is 13.1. The van der Waals surface area contributed by atoms with E-state index in [9.17, 15) is 9.59 Å². The van der Waals surface area contributed by atoms with E-state index in [0.717, 1.165) is 53.8 Å². The zero-order valence-electron chi connectivity index (χ0n) is 18.8. The van der Waals surface area contributed by atoms with Crippen LogP contribution >= 0.6 is 0 Å². The molecule has 0 atom stereocenters. The van der Waals surface area contributed by atoms with Crippen LogP contribution in [0, 0.1) is 6.92 Å². The van der Waals surface area contributed by atoms with E-state index in [1.54, 1.807) is 4.57 Å². The number of carbonyl (C=O) groups excluding carboxylic acids is 1.